The number of aliphatic hydroxyl groups excluding tert-OH is 1. The lowest BCUT2D eigenvalue weighted by Gasteiger charge is -2.11. The molecule has 0 spiro atoms. The number of aryl methyl sites for hydroxylation is 2. The van der Waals surface area contributed by atoms with Crippen LogP contribution in [0.4, 0.5) is 8.78 Å². The van der Waals surface area contributed by atoms with Crippen molar-refractivity contribution >= 4 is 67.3 Å². The molecular weight excluding hydrogens is 774 g/mol. The van der Waals surface area contributed by atoms with Gasteiger partial charge in [-0.15, -0.1) is 0 Å². The molecule has 0 aliphatic carbocycles. The molecule has 54 heavy (non-hydrogen) atoms. The van der Waals surface area contributed by atoms with E-state index in [1.165, 1.54) is 0 Å². The number of carbonyl (C=O) groups is 5. The number of carboxylic acids is 1. The van der Waals surface area contributed by atoms with E-state index in [-0.39, 0.29) is 59.3 Å². The number of aromatic nitrogens is 5. The monoisotopic (exact) mass is 814 g/mol. The van der Waals surface area contributed by atoms with Crippen LogP contribution in [0.5, 0.6) is 0 Å². The van der Waals surface area contributed by atoms with Gasteiger partial charge in [0.25, 0.3) is 11.9 Å². The summed E-state index contributed by atoms with van der Waals surface area (Å²) in [7, 11) is 0. The Balaban J connectivity index is 0.000000275. The van der Waals surface area contributed by atoms with Gasteiger partial charge in [-0.3, -0.25) is 24.0 Å². The molecule has 1 fully saturated rings. The quantitative estimate of drug-likeness (QED) is 0.0822. The van der Waals surface area contributed by atoms with Crippen LogP contribution in [0, 0.1) is 25.7 Å². The Morgan fingerprint density at radius 2 is 1.39 bits per heavy atom. The molecule has 2 aromatic carbocycles. The molecule has 0 radical (unpaired) electrons. The van der Waals surface area contributed by atoms with Crippen molar-refractivity contribution < 1.29 is 43.0 Å². The molecule has 8 N–H and O–H groups in total. The number of piperidine rings is 1. The first kappa shape index (κ1) is 44.6. The number of carboxylic acid groups (broad SMARTS) is 1. The minimum atomic E-state index is -0.833. The van der Waals surface area contributed by atoms with Crippen molar-refractivity contribution in [1.82, 2.24) is 41.7 Å². The number of nitrogens with zero attached hydrogens (tertiary/aromatic N) is 4. The summed E-state index contributed by atoms with van der Waals surface area (Å²) in [4.78, 5) is 72.5. The van der Waals surface area contributed by atoms with E-state index < -0.39 is 17.9 Å². The number of aliphatic hydroxyl groups is 1. The minimum Gasteiger partial charge on any atom is -0.481 e. The Hall–Kier alpha value is -5.59. The average Bonchev–Trinajstić information content (AvgIpc) is 3.55. The fourth-order valence-electron chi connectivity index (χ4n) is 4.91. The second kappa shape index (κ2) is 21.2. The zero-order chi connectivity index (χ0) is 39.2. The van der Waals surface area contributed by atoms with Gasteiger partial charge in [0.05, 0.1) is 39.7 Å². The predicted molar refractivity (Wildman–Crippen MR) is 201 cm³/mol. The fourth-order valence-corrected chi connectivity index (χ4v) is 5.22. The maximum atomic E-state index is 13.8. The molecule has 0 saturated carbocycles. The second-order valence-electron chi connectivity index (χ2n) is 11.3. The van der Waals surface area contributed by atoms with Crippen molar-refractivity contribution in [3.05, 3.63) is 82.6 Å². The SMILES string of the molecule is CC(=O)O.CCO.Cc1nc2cccc(-c3cc4c([nH]3)CCNC4=O)c2nc1F.Cc1nc2cccc(C(=O)CBr)c2nc1F.N.O=C1CCNC(=O)C1. The van der Waals surface area contributed by atoms with Crippen LogP contribution < -0.4 is 16.8 Å². The van der Waals surface area contributed by atoms with Gasteiger partial charge in [0.15, 0.2) is 5.78 Å². The zero-order valence-corrected chi connectivity index (χ0v) is 31.6. The number of benzene rings is 2. The van der Waals surface area contributed by atoms with Crippen LogP contribution in [0.2, 0.25) is 0 Å². The largest absolute Gasteiger partial charge is 0.481 e. The third kappa shape index (κ3) is 12.2. The highest BCUT2D eigenvalue weighted by atomic mass is 79.9. The van der Waals surface area contributed by atoms with E-state index in [0.29, 0.717) is 52.7 Å². The van der Waals surface area contributed by atoms with E-state index in [9.17, 15) is 28.0 Å². The number of rotatable bonds is 3. The van der Waals surface area contributed by atoms with E-state index in [1.807, 2.05) is 12.1 Å². The number of nitrogens with one attached hydrogen (secondary N) is 3. The van der Waals surface area contributed by atoms with Crippen LogP contribution in [0.3, 0.4) is 0 Å². The van der Waals surface area contributed by atoms with Gasteiger partial charge in [0.1, 0.15) is 16.8 Å². The number of para-hydroxylation sites is 2. The van der Waals surface area contributed by atoms with E-state index in [4.69, 9.17) is 15.0 Å². The van der Waals surface area contributed by atoms with E-state index in [2.05, 4.69) is 51.5 Å². The second-order valence-corrected chi connectivity index (χ2v) is 11.9. The fraction of sp³-hybridized carbons (Fsp3) is 0.306. The van der Waals surface area contributed by atoms with E-state index in [0.717, 1.165) is 30.3 Å². The molecule has 5 aromatic rings. The zero-order valence-electron chi connectivity index (χ0n) is 30.1. The molecule has 7 rings (SSSR count). The molecular formula is C36H41BrF2N8O7. The molecule has 2 amide bonds. The van der Waals surface area contributed by atoms with Gasteiger partial charge >= 0.3 is 0 Å². The van der Waals surface area contributed by atoms with Crippen LogP contribution >= 0.6 is 15.9 Å². The number of fused-ring (bicyclic) bond motifs is 3. The number of hydrogen-bond acceptors (Lipinski definition) is 11. The summed E-state index contributed by atoms with van der Waals surface area (Å²) in [6.45, 7) is 7.29. The highest BCUT2D eigenvalue weighted by Crippen LogP contribution is 2.29. The van der Waals surface area contributed by atoms with Gasteiger partial charge in [0, 0.05) is 62.0 Å². The third-order valence-electron chi connectivity index (χ3n) is 7.22. The van der Waals surface area contributed by atoms with Gasteiger partial charge in [-0.2, -0.15) is 8.78 Å². The maximum Gasteiger partial charge on any atom is 0.300 e. The molecule has 288 valence electrons. The summed E-state index contributed by atoms with van der Waals surface area (Å²) in [5.74, 6) is -2.36. The molecule has 0 atom stereocenters. The summed E-state index contributed by atoms with van der Waals surface area (Å²) in [5.41, 5.74) is 5.90. The summed E-state index contributed by atoms with van der Waals surface area (Å²) >= 11 is 3.08. The molecule has 1 saturated heterocycles. The van der Waals surface area contributed by atoms with Crippen LogP contribution in [-0.4, -0.2) is 89.5 Å². The smallest absolute Gasteiger partial charge is 0.300 e. The maximum absolute atomic E-state index is 13.8. The number of amides is 2. The Labute approximate surface area is 317 Å². The Bertz CT molecular complexity index is 2130. The number of Topliss-reactive ketones (excluding diaryl/α,β-unsaturated/α-hetero) is 2. The molecule has 3 aromatic heterocycles. The lowest BCUT2D eigenvalue weighted by molar-refractivity contribution is -0.134. The number of alkyl halides is 1. The lowest BCUT2D eigenvalue weighted by Crippen LogP contribution is -2.33. The van der Waals surface area contributed by atoms with Gasteiger partial charge in [-0.1, -0.05) is 34.1 Å². The first-order chi connectivity index (χ1) is 25.2. The number of halogens is 3. The van der Waals surface area contributed by atoms with Crippen LogP contribution in [0.25, 0.3) is 33.3 Å². The molecule has 2 aliphatic heterocycles. The van der Waals surface area contributed by atoms with Gasteiger partial charge < -0.3 is 32.0 Å². The molecule has 5 heterocycles. The molecule has 2 aliphatic rings. The van der Waals surface area contributed by atoms with Gasteiger partial charge in [0.2, 0.25) is 17.8 Å². The van der Waals surface area contributed by atoms with Crippen molar-refractivity contribution in [2.45, 2.75) is 47.0 Å². The van der Waals surface area contributed by atoms with Crippen LogP contribution in [0.15, 0.2) is 42.5 Å². The summed E-state index contributed by atoms with van der Waals surface area (Å²) in [6, 6.07) is 12.3. The highest BCUT2D eigenvalue weighted by molar-refractivity contribution is 9.09. The minimum absolute atomic E-state index is 0. The summed E-state index contributed by atoms with van der Waals surface area (Å²) < 4.78 is 27.1. The Morgan fingerprint density at radius 3 is 1.91 bits per heavy atom. The first-order valence-corrected chi connectivity index (χ1v) is 17.4. The normalized spacial score (nSPS) is 12.7. The number of ketones is 2. The molecule has 15 nitrogen and oxygen atoms in total. The third-order valence-corrected chi connectivity index (χ3v) is 7.73. The lowest BCUT2D eigenvalue weighted by atomic mass is 10.1. The Kier molecular flexibility index (Phi) is 17.5. The van der Waals surface area contributed by atoms with Crippen molar-refractivity contribution in [2.75, 3.05) is 25.0 Å². The van der Waals surface area contributed by atoms with Crippen molar-refractivity contribution in [3.8, 4) is 11.3 Å². The molecule has 0 unspecified atom stereocenters. The molecule has 0 bridgehead atoms. The summed E-state index contributed by atoms with van der Waals surface area (Å²) in [6.07, 6.45) is 1.34. The number of hydrogen-bond donors (Lipinski definition) is 6. The number of aromatic amines is 1. The van der Waals surface area contributed by atoms with Crippen LogP contribution in [-0.2, 0) is 20.8 Å². The average molecular weight is 816 g/mol. The van der Waals surface area contributed by atoms with E-state index >= 15 is 0 Å². The molecule has 18 heteroatoms. The topological polar surface area (TPSA) is 252 Å². The van der Waals surface area contributed by atoms with Crippen molar-refractivity contribution in [2.24, 2.45) is 0 Å². The predicted octanol–water partition coefficient (Wildman–Crippen LogP) is 4.73. The van der Waals surface area contributed by atoms with Gasteiger partial charge in [-0.05, 0) is 45.0 Å². The standard InChI is InChI=1S/C16H13FN4O.C11H8BrFN2O.C5H7NO2.C2H4O2.C2H6O.H3N/c1-8-15(17)21-14-9(3-2-4-12(14)19-8)13-7-10-11(20-13)5-6-18-16(10)22;1-6-11(13)15-10-7(9(16)5-12)3-2-4-8(10)14-6;7-4-1-2-6-5(8)3-4;1-2(3)4;1-2-3;/h2-4,7,20H,5-6H2,1H3,(H,18,22);2-4H,5H2,1H3;1-3H2,(H,6,8);1H3,(H,3,4);3H,2H2,1H3;1H3. The van der Waals surface area contributed by atoms with Crippen molar-refractivity contribution in [3.63, 3.8) is 0 Å². The highest BCUT2D eigenvalue weighted by Gasteiger charge is 2.21. The number of aliphatic carboxylic acids is 1. The van der Waals surface area contributed by atoms with Crippen LogP contribution in [0.1, 0.15) is 64.5 Å². The van der Waals surface area contributed by atoms with Gasteiger partial charge in [-0.25, -0.2) is 19.9 Å². The number of carbonyl (C=O) groups excluding carboxylic acids is 4. The van der Waals surface area contributed by atoms with E-state index in [1.54, 1.807) is 51.1 Å². The number of H-pyrrole nitrogens is 1. The summed E-state index contributed by atoms with van der Waals surface area (Å²) in [5, 5.41) is 20.5. The first-order valence-electron chi connectivity index (χ1n) is 16.2. The van der Waals surface area contributed by atoms with Crippen molar-refractivity contribution in [1.29, 1.82) is 0 Å². The Morgan fingerprint density at radius 1 is 0.852 bits per heavy atom.